The van der Waals surface area contributed by atoms with Crippen LogP contribution in [0.1, 0.15) is 19.4 Å². The Bertz CT molecular complexity index is 883. The lowest BCUT2D eigenvalue weighted by Crippen LogP contribution is -2.15. The van der Waals surface area contributed by atoms with Gasteiger partial charge in [0.25, 0.3) is 0 Å². The first kappa shape index (κ1) is 21.6. The predicted octanol–water partition coefficient (Wildman–Crippen LogP) is 5.49. The number of hydrogen-bond donors (Lipinski definition) is 2. The fourth-order valence-electron chi connectivity index (χ4n) is 2.35. The summed E-state index contributed by atoms with van der Waals surface area (Å²) in [6.07, 6.45) is 0. The average molecular weight is 420 g/mol. The van der Waals surface area contributed by atoms with Crippen LogP contribution in [0.5, 0.6) is 0 Å². The summed E-state index contributed by atoms with van der Waals surface area (Å²) in [6.45, 7) is 3.98. The molecule has 0 saturated heterocycles. The van der Waals surface area contributed by atoms with E-state index in [1.165, 1.54) is 0 Å². The minimum Gasteiger partial charge on any atom is -0.383 e. The molecule has 134 valence electrons. The van der Waals surface area contributed by atoms with Crippen LogP contribution in [0.2, 0.25) is 10.0 Å². The van der Waals surface area contributed by atoms with Crippen molar-refractivity contribution in [1.82, 2.24) is 9.97 Å². The van der Waals surface area contributed by atoms with Crippen molar-refractivity contribution in [2.24, 2.45) is 10.7 Å². The second-order valence-electron chi connectivity index (χ2n) is 5.58. The maximum atomic E-state index is 6.06. The highest BCUT2D eigenvalue weighted by molar-refractivity contribution is 6.35. The van der Waals surface area contributed by atoms with Crippen molar-refractivity contribution in [2.75, 3.05) is 0 Å². The molecule has 4 nitrogen and oxygen atoms in total. The molecule has 0 aliphatic rings. The van der Waals surface area contributed by atoms with Crippen molar-refractivity contribution < 1.29 is 0 Å². The van der Waals surface area contributed by atoms with Gasteiger partial charge in [0.2, 0.25) is 0 Å². The number of halogens is 4. The van der Waals surface area contributed by atoms with Gasteiger partial charge in [-0.3, -0.25) is 4.99 Å². The summed E-state index contributed by atoms with van der Waals surface area (Å²) in [5.74, 6) is 1.23. The highest BCUT2D eigenvalue weighted by Crippen LogP contribution is 2.27. The molecular formula is C17H18Cl4N4. The number of H-pyrrole nitrogens is 1. The quantitative estimate of drug-likeness (QED) is 0.435. The minimum absolute atomic E-state index is 0. The Labute approximate surface area is 168 Å². The molecule has 1 heterocycles. The molecular weight excluding hydrogens is 402 g/mol. The first-order chi connectivity index (χ1) is 10.9. The Hall–Kier alpha value is -1.46. The molecule has 8 heteroatoms. The summed E-state index contributed by atoms with van der Waals surface area (Å²) in [5, 5.41) is 1.14. The Morgan fingerprint density at radius 3 is 2.32 bits per heavy atom. The maximum absolute atomic E-state index is 6.06. The molecule has 2 aromatic carbocycles. The zero-order valence-corrected chi connectivity index (χ0v) is 16.7. The molecule has 0 atom stereocenters. The van der Waals surface area contributed by atoms with Crippen LogP contribution in [-0.2, 0) is 0 Å². The number of fused-ring (bicyclic) bond motifs is 1. The molecule has 0 spiro atoms. The molecule has 0 radical (unpaired) electrons. The topological polar surface area (TPSA) is 67.1 Å². The number of nitrogens with zero attached hydrogens (tertiary/aromatic N) is 2. The van der Waals surface area contributed by atoms with E-state index in [9.17, 15) is 0 Å². The third-order valence-electron chi connectivity index (χ3n) is 3.31. The second-order valence-corrected chi connectivity index (χ2v) is 6.46. The van der Waals surface area contributed by atoms with Gasteiger partial charge in [-0.05, 0) is 50.2 Å². The van der Waals surface area contributed by atoms with Gasteiger partial charge in [-0.25, -0.2) is 4.98 Å². The molecule has 25 heavy (non-hydrogen) atoms. The van der Waals surface area contributed by atoms with Crippen molar-refractivity contribution in [1.29, 1.82) is 0 Å². The lowest BCUT2D eigenvalue weighted by molar-refractivity contribution is 0.834. The first-order valence-electron chi connectivity index (χ1n) is 7.22. The van der Waals surface area contributed by atoms with Gasteiger partial charge in [0.1, 0.15) is 11.7 Å². The maximum Gasteiger partial charge on any atom is 0.138 e. The van der Waals surface area contributed by atoms with Crippen molar-refractivity contribution in [3.05, 3.63) is 52.0 Å². The van der Waals surface area contributed by atoms with Gasteiger partial charge in [0.05, 0.1) is 11.0 Å². The van der Waals surface area contributed by atoms with E-state index in [-0.39, 0.29) is 30.9 Å². The number of benzene rings is 2. The number of nitrogens with two attached hydrogens (primary N) is 1. The Kier molecular flexibility index (Phi) is 7.57. The van der Waals surface area contributed by atoms with Crippen LogP contribution in [0.15, 0.2) is 41.4 Å². The van der Waals surface area contributed by atoms with Crippen LogP contribution in [0.4, 0.5) is 0 Å². The fourth-order valence-corrected chi connectivity index (χ4v) is 2.87. The van der Waals surface area contributed by atoms with Crippen molar-refractivity contribution in [3.8, 4) is 11.4 Å². The standard InChI is InChI=1S/C17H16Cl2N4.2ClH/c1-9(2)21-16(20)10-3-4-14-15(7-10)23-17(22-14)11-5-12(18)8-13(19)6-11;;/h3-9H,1-2H3,(H2,20,21)(H,22,23);2*1H. The summed E-state index contributed by atoms with van der Waals surface area (Å²) in [4.78, 5) is 12.2. The monoisotopic (exact) mass is 418 g/mol. The van der Waals surface area contributed by atoms with Crippen molar-refractivity contribution >= 4 is 64.9 Å². The average Bonchev–Trinajstić information content (AvgIpc) is 2.88. The number of aromatic amines is 1. The summed E-state index contributed by atoms with van der Waals surface area (Å²) in [5.41, 5.74) is 9.46. The van der Waals surface area contributed by atoms with E-state index in [1.807, 2.05) is 44.2 Å². The number of rotatable bonds is 3. The normalized spacial score (nSPS) is 11.3. The third kappa shape index (κ3) is 5.02. The first-order valence-corrected chi connectivity index (χ1v) is 7.98. The van der Waals surface area contributed by atoms with Gasteiger partial charge in [-0.1, -0.05) is 23.2 Å². The molecule has 3 aromatic rings. The highest BCUT2D eigenvalue weighted by Gasteiger charge is 2.09. The number of hydrogen-bond acceptors (Lipinski definition) is 2. The number of amidine groups is 1. The lowest BCUT2D eigenvalue weighted by atomic mass is 10.2. The van der Waals surface area contributed by atoms with E-state index < -0.39 is 0 Å². The van der Waals surface area contributed by atoms with Crippen LogP contribution in [0.25, 0.3) is 22.4 Å². The highest BCUT2D eigenvalue weighted by atomic mass is 35.5. The third-order valence-corrected chi connectivity index (χ3v) is 3.75. The molecule has 3 rings (SSSR count). The second kappa shape index (κ2) is 8.77. The largest absolute Gasteiger partial charge is 0.383 e. The SMILES string of the molecule is CC(C)N=C(N)c1ccc2nc(-c3cc(Cl)cc(Cl)c3)[nH]c2c1.Cl.Cl. The predicted molar refractivity (Wildman–Crippen MR) is 112 cm³/mol. The van der Waals surface area contributed by atoms with E-state index in [1.54, 1.807) is 6.07 Å². The molecule has 0 aliphatic heterocycles. The van der Waals surface area contributed by atoms with Crippen LogP contribution in [0.3, 0.4) is 0 Å². The van der Waals surface area contributed by atoms with Gasteiger partial charge in [0, 0.05) is 27.2 Å². The fraction of sp³-hybridized carbons (Fsp3) is 0.176. The number of nitrogens with one attached hydrogen (secondary N) is 1. The summed E-state index contributed by atoms with van der Waals surface area (Å²) in [6, 6.07) is 11.3. The lowest BCUT2D eigenvalue weighted by Gasteiger charge is -2.03. The zero-order chi connectivity index (χ0) is 16.6. The Balaban J connectivity index is 0.00000156. The molecule has 1 aromatic heterocycles. The molecule has 3 N–H and O–H groups in total. The number of aliphatic imine (C=N–C) groups is 1. The van der Waals surface area contributed by atoms with E-state index in [0.29, 0.717) is 21.7 Å². The van der Waals surface area contributed by atoms with E-state index in [2.05, 4.69) is 15.0 Å². The van der Waals surface area contributed by atoms with E-state index in [4.69, 9.17) is 28.9 Å². The van der Waals surface area contributed by atoms with Crippen molar-refractivity contribution in [3.63, 3.8) is 0 Å². The molecule has 0 unspecified atom stereocenters. The summed E-state index contributed by atoms with van der Waals surface area (Å²) in [7, 11) is 0. The summed E-state index contributed by atoms with van der Waals surface area (Å²) >= 11 is 12.1. The van der Waals surface area contributed by atoms with Crippen LogP contribution < -0.4 is 5.73 Å². The molecule has 0 bridgehead atoms. The van der Waals surface area contributed by atoms with E-state index in [0.717, 1.165) is 22.2 Å². The summed E-state index contributed by atoms with van der Waals surface area (Å²) < 4.78 is 0. The molecule has 0 aliphatic carbocycles. The zero-order valence-electron chi connectivity index (χ0n) is 13.6. The van der Waals surface area contributed by atoms with E-state index >= 15 is 0 Å². The molecule has 0 saturated carbocycles. The van der Waals surface area contributed by atoms with Gasteiger partial charge in [-0.15, -0.1) is 24.8 Å². The van der Waals surface area contributed by atoms with Gasteiger partial charge in [0.15, 0.2) is 0 Å². The number of imidazole rings is 1. The van der Waals surface area contributed by atoms with Crippen LogP contribution in [-0.4, -0.2) is 21.8 Å². The van der Waals surface area contributed by atoms with Crippen molar-refractivity contribution in [2.45, 2.75) is 19.9 Å². The Morgan fingerprint density at radius 1 is 1.08 bits per heavy atom. The Morgan fingerprint density at radius 2 is 1.72 bits per heavy atom. The number of aromatic nitrogens is 2. The van der Waals surface area contributed by atoms with Gasteiger partial charge >= 0.3 is 0 Å². The van der Waals surface area contributed by atoms with Gasteiger partial charge < -0.3 is 10.7 Å². The molecule has 0 amide bonds. The van der Waals surface area contributed by atoms with Crippen LogP contribution in [0, 0.1) is 0 Å². The smallest absolute Gasteiger partial charge is 0.138 e. The molecule has 0 fully saturated rings. The van der Waals surface area contributed by atoms with Crippen LogP contribution >= 0.6 is 48.0 Å². The van der Waals surface area contributed by atoms with Gasteiger partial charge in [-0.2, -0.15) is 0 Å². The minimum atomic E-state index is 0.